The molecule has 1 saturated heterocycles. The van der Waals surface area contributed by atoms with Crippen LogP contribution in [0.5, 0.6) is 0 Å². The summed E-state index contributed by atoms with van der Waals surface area (Å²) in [6.07, 6.45) is 4.21. The predicted octanol–water partition coefficient (Wildman–Crippen LogP) is 2.26. The Balaban J connectivity index is 1.89. The summed E-state index contributed by atoms with van der Waals surface area (Å²) in [6, 6.07) is 9.08. The van der Waals surface area contributed by atoms with E-state index in [1.54, 1.807) is 0 Å². The fraction of sp³-hybridized carbons (Fsp3) is 0.500. The standard InChI is InChI=1S/C12H16N2/c13-10-2-1-3-11(7-10)14-8-9-4-5-12(14)6-9/h1-3,7,9,12H,4-6,8,13H2. The van der Waals surface area contributed by atoms with Gasteiger partial charge in [-0.1, -0.05) is 6.07 Å². The molecule has 2 atom stereocenters. The van der Waals surface area contributed by atoms with Crippen molar-refractivity contribution in [2.75, 3.05) is 17.2 Å². The third kappa shape index (κ3) is 1.17. The molecule has 1 aromatic carbocycles. The lowest BCUT2D eigenvalue weighted by molar-refractivity contribution is 0.554. The zero-order valence-electron chi connectivity index (χ0n) is 8.32. The molecule has 2 nitrogen and oxygen atoms in total. The van der Waals surface area contributed by atoms with Crippen LogP contribution >= 0.6 is 0 Å². The van der Waals surface area contributed by atoms with Crippen molar-refractivity contribution in [3.8, 4) is 0 Å². The summed E-state index contributed by atoms with van der Waals surface area (Å²) in [7, 11) is 0. The van der Waals surface area contributed by atoms with Crippen LogP contribution in [0, 0.1) is 5.92 Å². The van der Waals surface area contributed by atoms with Gasteiger partial charge in [0.25, 0.3) is 0 Å². The van der Waals surface area contributed by atoms with E-state index in [0.717, 1.165) is 17.6 Å². The number of hydrogen-bond donors (Lipinski definition) is 1. The second kappa shape index (κ2) is 2.91. The molecule has 2 fully saturated rings. The summed E-state index contributed by atoms with van der Waals surface area (Å²) in [5.74, 6) is 0.946. The summed E-state index contributed by atoms with van der Waals surface area (Å²) in [6.45, 7) is 1.24. The number of nitrogens with two attached hydrogens (primary N) is 1. The van der Waals surface area contributed by atoms with E-state index < -0.39 is 0 Å². The van der Waals surface area contributed by atoms with E-state index in [9.17, 15) is 0 Å². The van der Waals surface area contributed by atoms with Gasteiger partial charge >= 0.3 is 0 Å². The maximum atomic E-state index is 5.80. The van der Waals surface area contributed by atoms with Crippen LogP contribution in [-0.2, 0) is 0 Å². The number of anilines is 2. The highest BCUT2D eigenvalue weighted by Crippen LogP contribution is 2.40. The maximum absolute atomic E-state index is 5.80. The molecule has 1 heterocycles. The number of hydrogen-bond acceptors (Lipinski definition) is 2. The Kier molecular flexibility index (Phi) is 1.69. The average Bonchev–Trinajstić information content (AvgIpc) is 2.78. The lowest BCUT2D eigenvalue weighted by Gasteiger charge is -2.29. The SMILES string of the molecule is Nc1cccc(N2CC3CCC2C3)c1. The average molecular weight is 188 g/mol. The number of benzene rings is 1. The van der Waals surface area contributed by atoms with Crippen LogP contribution in [-0.4, -0.2) is 12.6 Å². The zero-order valence-corrected chi connectivity index (χ0v) is 8.32. The lowest BCUT2D eigenvalue weighted by Crippen LogP contribution is -2.31. The number of piperidine rings is 1. The van der Waals surface area contributed by atoms with Crippen LogP contribution in [0.4, 0.5) is 11.4 Å². The number of fused-ring (bicyclic) bond motifs is 2. The molecule has 2 bridgehead atoms. The minimum Gasteiger partial charge on any atom is -0.399 e. The second-order valence-electron chi connectivity index (χ2n) is 4.58. The molecule has 14 heavy (non-hydrogen) atoms. The van der Waals surface area contributed by atoms with E-state index in [-0.39, 0.29) is 0 Å². The molecule has 2 aliphatic rings. The van der Waals surface area contributed by atoms with Crippen LogP contribution in [0.3, 0.4) is 0 Å². The highest BCUT2D eigenvalue weighted by Gasteiger charge is 2.37. The molecule has 1 aromatic rings. The first-order chi connectivity index (χ1) is 6.83. The van der Waals surface area contributed by atoms with Gasteiger partial charge in [0.1, 0.15) is 0 Å². The monoisotopic (exact) mass is 188 g/mol. The number of nitrogens with zero attached hydrogens (tertiary/aromatic N) is 1. The van der Waals surface area contributed by atoms with Crippen molar-refractivity contribution >= 4 is 11.4 Å². The highest BCUT2D eigenvalue weighted by molar-refractivity contribution is 5.57. The molecule has 2 unspecified atom stereocenters. The number of nitrogen functional groups attached to an aromatic ring is 1. The molecule has 1 saturated carbocycles. The van der Waals surface area contributed by atoms with E-state index in [2.05, 4.69) is 23.1 Å². The van der Waals surface area contributed by atoms with Crippen molar-refractivity contribution in [2.45, 2.75) is 25.3 Å². The van der Waals surface area contributed by atoms with Crippen LogP contribution in [0.2, 0.25) is 0 Å². The third-order valence-electron chi connectivity index (χ3n) is 3.61. The molecule has 2 heteroatoms. The van der Waals surface area contributed by atoms with Gasteiger partial charge in [-0.25, -0.2) is 0 Å². The summed E-state index contributed by atoms with van der Waals surface area (Å²) >= 11 is 0. The molecule has 0 aromatic heterocycles. The van der Waals surface area contributed by atoms with Crippen molar-refractivity contribution in [3.05, 3.63) is 24.3 Å². The molecule has 2 N–H and O–H groups in total. The molecular weight excluding hydrogens is 172 g/mol. The van der Waals surface area contributed by atoms with Gasteiger partial charge in [0, 0.05) is 24.0 Å². The molecule has 0 amide bonds. The van der Waals surface area contributed by atoms with E-state index in [1.165, 1.54) is 31.5 Å². The van der Waals surface area contributed by atoms with Crippen LogP contribution in [0.25, 0.3) is 0 Å². The maximum Gasteiger partial charge on any atom is 0.0389 e. The largest absolute Gasteiger partial charge is 0.399 e. The van der Waals surface area contributed by atoms with Gasteiger partial charge in [-0.2, -0.15) is 0 Å². The van der Waals surface area contributed by atoms with E-state index in [0.29, 0.717) is 0 Å². The van der Waals surface area contributed by atoms with E-state index in [4.69, 9.17) is 5.73 Å². The summed E-state index contributed by atoms with van der Waals surface area (Å²) < 4.78 is 0. The van der Waals surface area contributed by atoms with Crippen LogP contribution in [0.15, 0.2) is 24.3 Å². The predicted molar refractivity (Wildman–Crippen MR) is 59.3 cm³/mol. The number of rotatable bonds is 1. The smallest absolute Gasteiger partial charge is 0.0389 e. The molecule has 3 rings (SSSR count). The Hall–Kier alpha value is -1.18. The van der Waals surface area contributed by atoms with Crippen molar-refractivity contribution in [2.24, 2.45) is 5.92 Å². The topological polar surface area (TPSA) is 29.3 Å². The zero-order chi connectivity index (χ0) is 9.54. The van der Waals surface area contributed by atoms with Crippen LogP contribution < -0.4 is 10.6 Å². The fourth-order valence-corrected chi connectivity index (χ4v) is 2.94. The second-order valence-corrected chi connectivity index (χ2v) is 4.58. The molecule has 74 valence electrons. The molecule has 0 radical (unpaired) electrons. The van der Waals surface area contributed by atoms with Gasteiger partial charge in [-0.05, 0) is 43.4 Å². The third-order valence-corrected chi connectivity index (χ3v) is 3.61. The van der Waals surface area contributed by atoms with Crippen molar-refractivity contribution in [3.63, 3.8) is 0 Å². The van der Waals surface area contributed by atoms with E-state index in [1.807, 2.05) is 6.07 Å². The Labute approximate surface area is 84.7 Å². The van der Waals surface area contributed by atoms with Gasteiger partial charge in [0.15, 0.2) is 0 Å². The highest BCUT2D eigenvalue weighted by atomic mass is 15.2. The molecule has 1 aliphatic carbocycles. The Morgan fingerprint density at radius 1 is 1.29 bits per heavy atom. The first kappa shape index (κ1) is 8.16. The van der Waals surface area contributed by atoms with Gasteiger partial charge in [-0.3, -0.25) is 0 Å². The lowest BCUT2D eigenvalue weighted by atomic mass is 10.1. The fourth-order valence-electron chi connectivity index (χ4n) is 2.94. The summed E-state index contributed by atoms with van der Waals surface area (Å²) in [4.78, 5) is 2.53. The normalized spacial score (nSPS) is 29.9. The first-order valence-electron chi connectivity index (χ1n) is 5.45. The molecule has 0 spiro atoms. The van der Waals surface area contributed by atoms with Gasteiger partial charge < -0.3 is 10.6 Å². The van der Waals surface area contributed by atoms with Crippen molar-refractivity contribution in [1.29, 1.82) is 0 Å². The van der Waals surface area contributed by atoms with Gasteiger partial charge in [0.05, 0.1) is 0 Å². The quantitative estimate of drug-likeness (QED) is 0.685. The molecule has 1 aliphatic heterocycles. The Morgan fingerprint density at radius 2 is 2.21 bits per heavy atom. The van der Waals surface area contributed by atoms with Gasteiger partial charge in [0.2, 0.25) is 0 Å². The van der Waals surface area contributed by atoms with E-state index >= 15 is 0 Å². The Bertz CT molecular complexity index is 348. The van der Waals surface area contributed by atoms with Crippen molar-refractivity contribution in [1.82, 2.24) is 0 Å². The Morgan fingerprint density at radius 3 is 2.86 bits per heavy atom. The minimum absolute atomic E-state index is 0.793. The molecular formula is C12H16N2. The minimum atomic E-state index is 0.793. The summed E-state index contributed by atoms with van der Waals surface area (Å²) in [5, 5.41) is 0. The van der Waals surface area contributed by atoms with Gasteiger partial charge in [-0.15, -0.1) is 0 Å². The first-order valence-corrected chi connectivity index (χ1v) is 5.45. The summed E-state index contributed by atoms with van der Waals surface area (Å²) in [5.41, 5.74) is 7.99. The van der Waals surface area contributed by atoms with Crippen molar-refractivity contribution < 1.29 is 0 Å². The van der Waals surface area contributed by atoms with Crippen LogP contribution in [0.1, 0.15) is 19.3 Å².